The number of benzene rings is 2. The molecule has 2 aromatic heterocycles. The SMILES string of the molecule is CCOC(=O)c1sc2nc(NC(=O)c3ccc(S(=O)(=O)N4CCc5ccccc54)cc3)sc2c1C. The highest BCUT2D eigenvalue weighted by molar-refractivity contribution is 7.92. The topological polar surface area (TPSA) is 106 Å². The standard InChI is InChI=1S/C24H21N3O5S3/c1-3-32-23(29)20-14(2)19-22(33-20)26-24(34-19)25-21(28)16-8-10-17(11-9-16)35(30,31)27-13-12-15-6-4-5-7-18(15)27/h4-11H,3,12-13H2,1-2H3,(H,25,26,28). The van der Waals surface area contributed by atoms with E-state index in [-0.39, 0.29) is 10.9 Å². The van der Waals surface area contributed by atoms with Crippen molar-refractivity contribution in [3.63, 3.8) is 0 Å². The lowest BCUT2D eigenvalue weighted by atomic mass is 10.2. The Morgan fingerprint density at radius 1 is 1.11 bits per heavy atom. The predicted octanol–water partition coefficient (Wildman–Crippen LogP) is 4.85. The van der Waals surface area contributed by atoms with Gasteiger partial charge in [0, 0.05) is 12.1 Å². The summed E-state index contributed by atoms with van der Waals surface area (Å²) < 4.78 is 33.7. The highest BCUT2D eigenvalue weighted by Crippen LogP contribution is 2.37. The van der Waals surface area contributed by atoms with Crippen LogP contribution in [-0.4, -0.2) is 38.4 Å². The first-order chi connectivity index (χ1) is 16.8. The number of aryl methyl sites for hydroxylation is 1. The highest BCUT2D eigenvalue weighted by atomic mass is 32.2. The zero-order valence-electron chi connectivity index (χ0n) is 18.9. The summed E-state index contributed by atoms with van der Waals surface area (Å²) in [6, 6.07) is 13.3. The van der Waals surface area contributed by atoms with Gasteiger partial charge in [-0.25, -0.2) is 18.2 Å². The van der Waals surface area contributed by atoms with Gasteiger partial charge in [-0.1, -0.05) is 29.5 Å². The average molecular weight is 528 g/mol. The Morgan fingerprint density at radius 3 is 2.57 bits per heavy atom. The van der Waals surface area contributed by atoms with Crippen LogP contribution in [0.15, 0.2) is 53.4 Å². The lowest BCUT2D eigenvalue weighted by Crippen LogP contribution is -2.29. The number of aromatic nitrogens is 1. The van der Waals surface area contributed by atoms with Crippen molar-refractivity contribution in [2.45, 2.75) is 25.2 Å². The van der Waals surface area contributed by atoms with Crippen LogP contribution in [0.3, 0.4) is 0 Å². The van der Waals surface area contributed by atoms with E-state index >= 15 is 0 Å². The van der Waals surface area contributed by atoms with Crippen LogP contribution in [0.2, 0.25) is 0 Å². The molecule has 3 heterocycles. The summed E-state index contributed by atoms with van der Waals surface area (Å²) in [6.07, 6.45) is 0.669. The van der Waals surface area contributed by atoms with Gasteiger partial charge in [0.15, 0.2) is 5.13 Å². The Morgan fingerprint density at radius 2 is 1.86 bits per heavy atom. The van der Waals surface area contributed by atoms with Crippen LogP contribution in [-0.2, 0) is 21.2 Å². The number of nitrogens with one attached hydrogen (secondary N) is 1. The van der Waals surface area contributed by atoms with Gasteiger partial charge in [0.05, 0.1) is 21.9 Å². The Bertz CT molecular complexity index is 1560. The molecule has 0 saturated heterocycles. The number of amides is 1. The average Bonchev–Trinajstić information content (AvgIpc) is 3.53. The van der Waals surface area contributed by atoms with Crippen LogP contribution in [0.5, 0.6) is 0 Å². The van der Waals surface area contributed by atoms with Crippen LogP contribution in [0.4, 0.5) is 10.8 Å². The van der Waals surface area contributed by atoms with Gasteiger partial charge in [-0.2, -0.15) is 0 Å². The molecule has 0 spiro atoms. The third kappa shape index (κ3) is 4.19. The summed E-state index contributed by atoms with van der Waals surface area (Å²) in [5.41, 5.74) is 2.78. The van der Waals surface area contributed by atoms with Crippen molar-refractivity contribution >= 4 is 64.9 Å². The molecule has 0 atom stereocenters. The Labute approximate surface area is 210 Å². The van der Waals surface area contributed by atoms with Crippen molar-refractivity contribution in [2.75, 3.05) is 22.8 Å². The summed E-state index contributed by atoms with van der Waals surface area (Å²) in [7, 11) is -3.73. The molecule has 1 amide bonds. The maximum Gasteiger partial charge on any atom is 0.348 e. The third-order valence-electron chi connectivity index (χ3n) is 5.71. The van der Waals surface area contributed by atoms with E-state index in [0.717, 1.165) is 15.8 Å². The molecular formula is C24H21N3O5S3. The fourth-order valence-electron chi connectivity index (χ4n) is 3.97. The van der Waals surface area contributed by atoms with Crippen LogP contribution >= 0.6 is 22.7 Å². The van der Waals surface area contributed by atoms with Gasteiger partial charge in [0.1, 0.15) is 9.71 Å². The number of hydrogen-bond donors (Lipinski definition) is 1. The molecule has 11 heteroatoms. The monoisotopic (exact) mass is 527 g/mol. The molecule has 180 valence electrons. The van der Waals surface area contributed by atoms with E-state index in [4.69, 9.17) is 4.74 Å². The molecule has 1 aliphatic rings. The third-order valence-corrected chi connectivity index (χ3v) is 9.92. The van der Waals surface area contributed by atoms with Gasteiger partial charge in [0.25, 0.3) is 15.9 Å². The first kappa shape index (κ1) is 23.5. The van der Waals surface area contributed by atoms with Crippen molar-refractivity contribution in [2.24, 2.45) is 0 Å². The van der Waals surface area contributed by atoms with Crippen molar-refractivity contribution in [3.8, 4) is 0 Å². The molecule has 1 aliphatic heterocycles. The number of nitrogens with zero attached hydrogens (tertiary/aromatic N) is 2. The molecule has 8 nitrogen and oxygen atoms in total. The van der Waals surface area contributed by atoms with Gasteiger partial charge >= 0.3 is 5.97 Å². The summed E-state index contributed by atoms with van der Waals surface area (Å²) in [5, 5.41) is 3.16. The smallest absolute Gasteiger partial charge is 0.348 e. The summed E-state index contributed by atoms with van der Waals surface area (Å²) in [5.74, 6) is -0.775. The number of carbonyl (C=O) groups is 2. The van der Waals surface area contributed by atoms with Crippen molar-refractivity contribution in [1.29, 1.82) is 0 Å². The molecule has 0 saturated carbocycles. The van der Waals surface area contributed by atoms with E-state index in [1.165, 1.54) is 51.2 Å². The van der Waals surface area contributed by atoms with Crippen LogP contribution in [0.1, 0.15) is 38.1 Å². The number of fused-ring (bicyclic) bond motifs is 2. The Hall–Kier alpha value is -3.28. The molecule has 0 fully saturated rings. The largest absolute Gasteiger partial charge is 0.462 e. The molecule has 0 aliphatic carbocycles. The van der Waals surface area contributed by atoms with Gasteiger partial charge in [-0.05, 0) is 61.7 Å². The van der Waals surface area contributed by atoms with E-state index in [2.05, 4.69) is 10.3 Å². The van der Waals surface area contributed by atoms with Gasteiger partial charge in [0.2, 0.25) is 0 Å². The fraction of sp³-hybridized carbons (Fsp3) is 0.208. The van der Waals surface area contributed by atoms with E-state index in [1.54, 1.807) is 13.0 Å². The van der Waals surface area contributed by atoms with Gasteiger partial charge < -0.3 is 4.74 Å². The number of hydrogen-bond acceptors (Lipinski definition) is 8. The second kappa shape index (κ2) is 9.06. The number of thiazole rings is 1. The van der Waals surface area contributed by atoms with Crippen molar-refractivity contribution in [1.82, 2.24) is 4.98 Å². The quantitative estimate of drug-likeness (QED) is 0.360. The number of thiophene rings is 1. The summed E-state index contributed by atoms with van der Waals surface area (Å²) in [6.45, 7) is 4.27. The van der Waals surface area contributed by atoms with Gasteiger partial charge in [-0.3, -0.25) is 14.4 Å². The van der Waals surface area contributed by atoms with Gasteiger partial charge in [-0.15, -0.1) is 11.3 Å². The van der Waals surface area contributed by atoms with E-state index < -0.39 is 15.9 Å². The molecular weight excluding hydrogens is 506 g/mol. The maximum absolute atomic E-state index is 13.2. The molecule has 0 bridgehead atoms. The molecule has 2 aromatic carbocycles. The van der Waals surface area contributed by atoms with E-state index in [0.29, 0.717) is 45.7 Å². The molecule has 35 heavy (non-hydrogen) atoms. The van der Waals surface area contributed by atoms with E-state index in [1.807, 2.05) is 25.1 Å². The predicted molar refractivity (Wildman–Crippen MR) is 137 cm³/mol. The highest BCUT2D eigenvalue weighted by Gasteiger charge is 2.30. The number of esters is 1. The zero-order chi connectivity index (χ0) is 24.7. The number of anilines is 2. The lowest BCUT2D eigenvalue weighted by molar-refractivity contribution is 0.0531. The number of rotatable bonds is 6. The number of sulfonamides is 1. The van der Waals surface area contributed by atoms with Crippen LogP contribution in [0.25, 0.3) is 9.53 Å². The number of carbonyl (C=O) groups excluding carboxylic acids is 2. The number of ether oxygens (including phenoxy) is 1. The minimum atomic E-state index is -3.73. The van der Waals surface area contributed by atoms with Crippen LogP contribution in [0, 0.1) is 6.92 Å². The normalized spacial score (nSPS) is 13.1. The first-order valence-corrected chi connectivity index (χ1v) is 14.0. The fourth-order valence-corrected chi connectivity index (χ4v) is 7.68. The molecule has 4 aromatic rings. The maximum atomic E-state index is 13.2. The summed E-state index contributed by atoms with van der Waals surface area (Å²) >= 11 is 2.51. The Balaban J connectivity index is 1.32. The van der Waals surface area contributed by atoms with Crippen molar-refractivity contribution in [3.05, 3.63) is 70.1 Å². The Kier molecular flexibility index (Phi) is 6.07. The van der Waals surface area contributed by atoms with E-state index in [9.17, 15) is 18.0 Å². The van der Waals surface area contributed by atoms with Crippen LogP contribution < -0.4 is 9.62 Å². The second-order valence-electron chi connectivity index (χ2n) is 7.86. The molecule has 1 N–H and O–H groups in total. The lowest BCUT2D eigenvalue weighted by Gasteiger charge is -2.19. The summed E-state index contributed by atoms with van der Waals surface area (Å²) in [4.78, 5) is 30.6. The second-order valence-corrected chi connectivity index (χ2v) is 11.7. The molecule has 5 rings (SSSR count). The minimum absolute atomic E-state index is 0.127. The molecule has 0 radical (unpaired) electrons. The number of para-hydroxylation sites is 1. The first-order valence-electron chi connectivity index (χ1n) is 10.9. The zero-order valence-corrected chi connectivity index (χ0v) is 21.4. The minimum Gasteiger partial charge on any atom is -0.462 e. The van der Waals surface area contributed by atoms with Crippen molar-refractivity contribution < 1.29 is 22.7 Å². The molecule has 0 unspecified atom stereocenters.